The molecule has 0 fully saturated rings. The number of nitrogens with one attached hydrogen (secondary N) is 1. The Kier molecular flexibility index (Phi) is 4.79. The van der Waals surface area contributed by atoms with Crippen molar-refractivity contribution < 1.29 is 9.72 Å². The molecule has 0 spiro atoms. The Bertz CT molecular complexity index is 446. The van der Waals surface area contributed by atoms with Crippen LogP contribution in [0.4, 0.5) is 11.4 Å². The second kappa shape index (κ2) is 6.11. The first-order valence-corrected chi connectivity index (χ1v) is 5.59. The maximum Gasteiger partial charge on any atom is 0.293 e. The molecule has 6 nitrogen and oxygen atoms in total. The van der Waals surface area contributed by atoms with Crippen molar-refractivity contribution in [2.24, 2.45) is 0 Å². The van der Waals surface area contributed by atoms with Crippen LogP contribution in [0.2, 0.25) is 0 Å². The topological polar surface area (TPSA) is 75.5 Å². The van der Waals surface area contributed by atoms with Gasteiger partial charge >= 0.3 is 0 Å². The van der Waals surface area contributed by atoms with E-state index >= 15 is 0 Å². The predicted octanol–water partition coefficient (Wildman–Crippen LogP) is 1.77. The van der Waals surface area contributed by atoms with E-state index in [1.807, 2.05) is 25.9 Å². The molecule has 1 atom stereocenters. The van der Waals surface area contributed by atoms with Crippen LogP contribution in [0.3, 0.4) is 0 Å². The van der Waals surface area contributed by atoms with Crippen molar-refractivity contribution in [2.45, 2.75) is 13.0 Å². The van der Waals surface area contributed by atoms with Gasteiger partial charge in [-0.2, -0.15) is 0 Å². The number of hydrogen-bond donors (Lipinski definition) is 1. The summed E-state index contributed by atoms with van der Waals surface area (Å²) >= 11 is 0. The minimum Gasteiger partial charge on any atom is -0.376 e. The van der Waals surface area contributed by atoms with Gasteiger partial charge in [-0.1, -0.05) is 0 Å². The number of aldehydes is 1. The molecule has 6 heteroatoms. The highest BCUT2D eigenvalue weighted by Crippen LogP contribution is 2.25. The maximum absolute atomic E-state index is 10.9. The van der Waals surface area contributed by atoms with Gasteiger partial charge in [0.15, 0.2) is 0 Å². The zero-order valence-electron chi connectivity index (χ0n) is 10.7. The van der Waals surface area contributed by atoms with Gasteiger partial charge in [0.1, 0.15) is 12.0 Å². The van der Waals surface area contributed by atoms with Crippen molar-refractivity contribution in [3.63, 3.8) is 0 Å². The summed E-state index contributed by atoms with van der Waals surface area (Å²) in [4.78, 5) is 23.0. The van der Waals surface area contributed by atoms with Crippen LogP contribution in [0.1, 0.15) is 17.3 Å². The number of benzene rings is 1. The maximum atomic E-state index is 10.9. The lowest BCUT2D eigenvalue weighted by molar-refractivity contribution is -0.384. The molecule has 0 aliphatic rings. The molecule has 1 aromatic carbocycles. The molecule has 0 aromatic heterocycles. The first-order valence-electron chi connectivity index (χ1n) is 5.59. The van der Waals surface area contributed by atoms with Gasteiger partial charge in [-0.25, -0.2) is 0 Å². The van der Waals surface area contributed by atoms with Gasteiger partial charge in [0.25, 0.3) is 5.69 Å². The van der Waals surface area contributed by atoms with Crippen LogP contribution >= 0.6 is 0 Å². The standard InChI is InChI=1S/C12H17N3O3/c1-9(7-14(2)3)13-11-5-4-10(8-16)6-12(11)15(17)18/h4-6,8-9,13H,7H2,1-3H3. The van der Waals surface area contributed by atoms with Gasteiger partial charge in [-0.15, -0.1) is 0 Å². The predicted molar refractivity (Wildman–Crippen MR) is 70.1 cm³/mol. The lowest BCUT2D eigenvalue weighted by Crippen LogP contribution is -2.29. The molecule has 0 aliphatic heterocycles. The Hall–Kier alpha value is -1.95. The van der Waals surface area contributed by atoms with E-state index in [9.17, 15) is 14.9 Å². The minimum absolute atomic E-state index is 0.0702. The summed E-state index contributed by atoms with van der Waals surface area (Å²) < 4.78 is 0. The normalized spacial score (nSPS) is 12.2. The first-order chi connectivity index (χ1) is 8.43. The van der Waals surface area contributed by atoms with Crippen molar-refractivity contribution in [1.82, 2.24) is 4.90 Å². The minimum atomic E-state index is -0.488. The lowest BCUT2D eigenvalue weighted by atomic mass is 10.1. The molecule has 0 bridgehead atoms. The van der Waals surface area contributed by atoms with E-state index in [0.717, 1.165) is 6.54 Å². The monoisotopic (exact) mass is 251 g/mol. The van der Waals surface area contributed by atoms with E-state index in [-0.39, 0.29) is 11.7 Å². The molecule has 0 radical (unpaired) electrons. The Labute approximate surface area is 106 Å². The summed E-state index contributed by atoms with van der Waals surface area (Å²) in [5.41, 5.74) is 0.651. The first kappa shape index (κ1) is 14.1. The largest absolute Gasteiger partial charge is 0.376 e. The number of likely N-dealkylation sites (N-methyl/N-ethyl adjacent to an activating group) is 1. The molecule has 98 valence electrons. The molecule has 0 amide bonds. The number of carbonyl (C=O) groups is 1. The van der Waals surface area contributed by atoms with E-state index in [2.05, 4.69) is 5.32 Å². The van der Waals surface area contributed by atoms with Crippen LogP contribution in [0.5, 0.6) is 0 Å². The smallest absolute Gasteiger partial charge is 0.293 e. The lowest BCUT2D eigenvalue weighted by Gasteiger charge is -2.19. The van der Waals surface area contributed by atoms with Gasteiger partial charge in [-0.3, -0.25) is 14.9 Å². The summed E-state index contributed by atoms with van der Waals surface area (Å²) in [6.07, 6.45) is 0.597. The third kappa shape index (κ3) is 3.81. The van der Waals surface area contributed by atoms with Crippen molar-refractivity contribution in [3.05, 3.63) is 33.9 Å². The molecule has 1 aromatic rings. The highest BCUT2D eigenvalue weighted by molar-refractivity contribution is 5.79. The van der Waals surface area contributed by atoms with Gasteiger partial charge in [0.2, 0.25) is 0 Å². The molecular formula is C12H17N3O3. The van der Waals surface area contributed by atoms with E-state index in [1.54, 1.807) is 12.1 Å². The Morgan fingerprint density at radius 1 is 1.50 bits per heavy atom. The summed E-state index contributed by atoms with van der Waals surface area (Å²) in [6.45, 7) is 2.70. The summed E-state index contributed by atoms with van der Waals surface area (Å²) in [5, 5.41) is 14.0. The molecule has 18 heavy (non-hydrogen) atoms. The fourth-order valence-corrected chi connectivity index (χ4v) is 1.75. The number of rotatable bonds is 6. The Morgan fingerprint density at radius 3 is 2.67 bits per heavy atom. The van der Waals surface area contributed by atoms with Crippen LogP contribution in [0, 0.1) is 10.1 Å². The third-order valence-corrected chi connectivity index (χ3v) is 2.40. The zero-order valence-corrected chi connectivity index (χ0v) is 10.7. The van der Waals surface area contributed by atoms with Gasteiger partial charge < -0.3 is 10.2 Å². The van der Waals surface area contributed by atoms with E-state index < -0.39 is 4.92 Å². The molecule has 0 saturated carbocycles. The second-order valence-corrected chi connectivity index (χ2v) is 4.46. The SMILES string of the molecule is CC(CN(C)C)Nc1ccc(C=O)cc1[N+](=O)[O-]. The molecule has 0 aliphatic carbocycles. The number of nitrogens with zero attached hydrogens (tertiary/aromatic N) is 2. The molecule has 1 rings (SSSR count). The summed E-state index contributed by atoms with van der Waals surface area (Å²) in [7, 11) is 3.87. The van der Waals surface area contributed by atoms with Crippen LogP contribution in [0.15, 0.2) is 18.2 Å². The third-order valence-electron chi connectivity index (χ3n) is 2.40. The summed E-state index contributed by atoms with van der Waals surface area (Å²) in [6, 6.07) is 4.47. The highest BCUT2D eigenvalue weighted by Gasteiger charge is 2.16. The average molecular weight is 251 g/mol. The van der Waals surface area contributed by atoms with Crippen molar-refractivity contribution >= 4 is 17.7 Å². The van der Waals surface area contributed by atoms with Crippen molar-refractivity contribution in [3.8, 4) is 0 Å². The number of hydrogen-bond acceptors (Lipinski definition) is 5. The Balaban J connectivity index is 2.94. The second-order valence-electron chi connectivity index (χ2n) is 4.46. The number of nitro groups is 1. The van der Waals surface area contributed by atoms with E-state index in [4.69, 9.17) is 0 Å². The summed E-state index contributed by atoms with van der Waals surface area (Å²) in [5.74, 6) is 0. The van der Waals surface area contributed by atoms with Crippen LogP contribution in [0.25, 0.3) is 0 Å². The van der Waals surface area contributed by atoms with Gasteiger partial charge in [0, 0.05) is 24.2 Å². The number of anilines is 1. The van der Waals surface area contributed by atoms with Crippen LogP contribution in [-0.4, -0.2) is 42.8 Å². The van der Waals surface area contributed by atoms with Gasteiger partial charge in [0.05, 0.1) is 4.92 Å². The fraction of sp³-hybridized carbons (Fsp3) is 0.417. The van der Waals surface area contributed by atoms with Crippen LogP contribution in [-0.2, 0) is 0 Å². The number of nitro benzene ring substituents is 1. The highest BCUT2D eigenvalue weighted by atomic mass is 16.6. The number of carbonyl (C=O) groups excluding carboxylic acids is 1. The molecule has 0 heterocycles. The Morgan fingerprint density at radius 2 is 2.17 bits per heavy atom. The van der Waals surface area contributed by atoms with Crippen LogP contribution < -0.4 is 5.32 Å². The zero-order chi connectivity index (χ0) is 13.7. The van der Waals surface area contributed by atoms with Gasteiger partial charge in [-0.05, 0) is 33.2 Å². The molecule has 0 saturated heterocycles. The fourth-order valence-electron chi connectivity index (χ4n) is 1.75. The quantitative estimate of drug-likeness (QED) is 0.473. The van der Waals surface area contributed by atoms with E-state index in [1.165, 1.54) is 6.07 Å². The molecular weight excluding hydrogens is 234 g/mol. The van der Waals surface area contributed by atoms with E-state index in [0.29, 0.717) is 17.5 Å². The molecule has 1 unspecified atom stereocenters. The average Bonchev–Trinajstić information content (AvgIpc) is 2.28. The van der Waals surface area contributed by atoms with Crippen molar-refractivity contribution in [2.75, 3.05) is 26.0 Å². The molecule has 1 N–H and O–H groups in total. The van der Waals surface area contributed by atoms with Crippen molar-refractivity contribution in [1.29, 1.82) is 0 Å².